The summed E-state index contributed by atoms with van der Waals surface area (Å²) in [5.41, 5.74) is 0. The zero-order valence-corrected chi connectivity index (χ0v) is 8.06. The predicted octanol–water partition coefficient (Wildman–Crippen LogP) is 2.42. The molecule has 0 bridgehead atoms. The van der Waals surface area contributed by atoms with Gasteiger partial charge in [-0.05, 0) is 38.1 Å². The molecule has 66 valence electrons. The fourth-order valence-corrected chi connectivity index (χ4v) is 1.93. The Morgan fingerprint density at radius 3 is 2.45 bits per heavy atom. The summed E-state index contributed by atoms with van der Waals surface area (Å²) in [6.45, 7) is 4.67. The van der Waals surface area contributed by atoms with Gasteiger partial charge in [0.1, 0.15) is 0 Å². The SMILES string of the molecule is CCCC(NC)C(C)C1CC1. The smallest absolute Gasteiger partial charge is 0.00922 e. The predicted molar refractivity (Wildman–Crippen MR) is 49.6 cm³/mol. The van der Waals surface area contributed by atoms with Crippen LogP contribution in [0.3, 0.4) is 0 Å². The maximum Gasteiger partial charge on any atom is 0.00922 e. The Bertz CT molecular complexity index is 107. The summed E-state index contributed by atoms with van der Waals surface area (Å²) in [4.78, 5) is 0. The van der Waals surface area contributed by atoms with Gasteiger partial charge >= 0.3 is 0 Å². The molecule has 1 rings (SSSR count). The van der Waals surface area contributed by atoms with Gasteiger partial charge in [-0.15, -0.1) is 0 Å². The van der Waals surface area contributed by atoms with Gasteiger partial charge < -0.3 is 5.32 Å². The highest BCUT2D eigenvalue weighted by molar-refractivity contribution is 4.85. The van der Waals surface area contributed by atoms with Gasteiger partial charge in [-0.25, -0.2) is 0 Å². The lowest BCUT2D eigenvalue weighted by Crippen LogP contribution is -2.32. The zero-order chi connectivity index (χ0) is 8.27. The van der Waals surface area contributed by atoms with E-state index in [0.717, 1.165) is 17.9 Å². The fourth-order valence-electron chi connectivity index (χ4n) is 1.93. The standard InChI is InChI=1S/C10H21N/c1-4-5-10(11-3)8(2)9-6-7-9/h8-11H,4-7H2,1-3H3. The van der Waals surface area contributed by atoms with Crippen molar-refractivity contribution in [2.75, 3.05) is 7.05 Å². The molecule has 0 heterocycles. The van der Waals surface area contributed by atoms with Crippen LogP contribution in [0.25, 0.3) is 0 Å². The number of nitrogens with one attached hydrogen (secondary N) is 1. The first kappa shape index (κ1) is 9.05. The zero-order valence-electron chi connectivity index (χ0n) is 8.06. The van der Waals surface area contributed by atoms with Gasteiger partial charge in [0.2, 0.25) is 0 Å². The van der Waals surface area contributed by atoms with Crippen LogP contribution in [0.4, 0.5) is 0 Å². The molecular weight excluding hydrogens is 134 g/mol. The Labute approximate surface area is 70.6 Å². The summed E-state index contributed by atoms with van der Waals surface area (Å²) in [6, 6.07) is 0.771. The van der Waals surface area contributed by atoms with E-state index in [2.05, 4.69) is 26.2 Å². The van der Waals surface area contributed by atoms with E-state index in [9.17, 15) is 0 Å². The average molecular weight is 155 g/mol. The van der Waals surface area contributed by atoms with Crippen LogP contribution < -0.4 is 5.32 Å². The monoisotopic (exact) mass is 155 g/mol. The molecule has 1 fully saturated rings. The van der Waals surface area contributed by atoms with E-state index in [1.165, 1.54) is 25.7 Å². The molecule has 1 aliphatic carbocycles. The molecule has 0 saturated heterocycles. The average Bonchev–Trinajstić information content (AvgIpc) is 2.81. The molecule has 1 nitrogen and oxygen atoms in total. The van der Waals surface area contributed by atoms with Crippen molar-refractivity contribution in [3.05, 3.63) is 0 Å². The number of rotatable bonds is 5. The van der Waals surface area contributed by atoms with Crippen molar-refractivity contribution >= 4 is 0 Å². The van der Waals surface area contributed by atoms with Crippen LogP contribution in [-0.4, -0.2) is 13.1 Å². The summed E-state index contributed by atoms with van der Waals surface area (Å²) < 4.78 is 0. The van der Waals surface area contributed by atoms with Crippen molar-refractivity contribution in [2.45, 2.75) is 45.6 Å². The lowest BCUT2D eigenvalue weighted by molar-refractivity contribution is 0.340. The van der Waals surface area contributed by atoms with E-state index in [0.29, 0.717) is 0 Å². The van der Waals surface area contributed by atoms with Crippen LogP contribution in [0, 0.1) is 11.8 Å². The van der Waals surface area contributed by atoms with Crippen LogP contribution in [0.15, 0.2) is 0 Å². The molecule has 1 heteroatoms. The van der Waals surface area contributed by atoms with Gasteiger partial charge in [-0.1, -0.05) is 20.3 Å². The van der Waals surface area contributed by atoms with Gasteiger partial charge in [-0.3, -0.25) is 0 Å². The Morgan fingerprint density at radius 2 is 2.09 bits per heavy atom. The number of hydrogen-bond acceptors (Lipinski definition) is 1. The first-order valence-corrected chi connectivity index (χ1v) is 4.96. The maximum absolute atomic E-state index is 3.42. The second-order valence-corrected chi connectivity index (χ2v) is 3.88. The molecule has 2 atom stereocenters. The molecule has 1 saturated carbocycles. The second-order valence-electron chi connectivity index (χ2n) is 3.88. The van der Waals surface area contributed by atoms with Gasteiger partial charge in [-0.2, -0.15) is 0 Å². The fraction of sp³-hybridized carbons (Fsp3) is 1.00. The first-order valence-electron chi connectivity index (χ1n) is 4.96. The first-order chi connectivity index (χ1) is 5.29. The lowest BCUT2D eigenvalue weighted by Gasteiger charge is -2.22. The van der Waals surface area contributed by atoms with Crippen LogP contribution in [-0.2, 0) is 0 Å². The van der Waals surface area contributed by atoms with Crippen LogP contribution in [0.1, 0.15) is 39.5 Å². The van der Waals surface area contributed by atoms with Crippen molar-refractivity contribution in [1.82, 2.24) is 5.32 Å². The van der Waals surface area contributed by atoms with Crippen molar-refractivity contribution in [3.8, 4) is 0 Å². The van der Waals surface area contributed by atoms with Crippen molar-refractivity contribution in [1.29, 1.82) is 0 Å². The molecular formula is C10H21N. The highest BCUT2D eigenvalue weighted by atomic mass is 14.9. The van der Waals surface area contributed by atoms with Gasteiger partial charge in [0.15, 0.2) is 0 Å². The molecule has 0 spiro atoms. The largest absolute Gasteiger partial charge is 0.317 e. The Morgan fingerprint density at radius 1 is 1.45 bits per heavy atom. The molecule has 1 aliphatic rings. The molecule has 11 heavy (non-hydrogen) atoms. The van der Waals surface area contributed by atoms with Crippen molar-refractivity contribution < 1.29 is 0 Å². The minimum absolute atomic E-state index is 0.771. The van der Waals surface area contributed by atoms with Crippen LogP contribution in [0.5, 0.6) is 0 Å². The van der Waals surface area contributed by atoms with Crippen LogP contribution in [0.2, 0.25) is 0 Å². The molecule has 0 aliphatic heterocycles. The topological polar surface area (TPSA) is 12.0 Å². The number of hydrogen-bond donors (Lipinski definition) is 1. The third-order valence-electron chi connectivity index (χ3n) is 2.97. The van der Waals surface area contributed by atoms with E-state index < -0.39 is 0 Å². The molecule has 0 amide bonds. The minimum Gasteiger partial charge on any atom is -0.317 e. The van der Waals surface area contributed by atoms with E-state index in [4.69, 9.17) is 0 Å². The third-order valence-corrected chi connectivity index (χ3v) is 2.97. The van der Waals surface area contributed by atoms with Crippen molar-refractivity contribution in [3.63, 3.8) is 0 Å². The van der Waals surface area contributed by atoms with E-state index >= 15 is 0 Å². The second kappa shape index (κ2) is 4.10. The normalized spacial score (nSPS) is 23.2. The van der Waals surface area contributed by atoms with Crippen molar-refractivity contribution in [2.24, 2.45) is 11.8 Å². The Kier molecular flexibility index (Phi) is 3.38. The van der Waals surface area contributed by atoms with E-state index in [1.807, 2.05) is 0 Å². The summed E-state index contributed by atoms with van der Waals surface area (Å²) in [6.07, 6.45) is 5.60. The minimum atomic E-state index is 0.771. The lowest BCUT2D eigenvalue weighted by atomic mass is 9.93. The molecule has 0 aromatic heterocycles. The molecule has 2 unspecified atom stereocenters. The quantitative estimate of drug-likeness (QED) is 0.643. The van der Waals surface area contributed by atoms with Gasteiger partial charge in [0.05, 0.1) is 0 Å². The summed E-state index contributed by atoms with van der Waals surface area (Å²) >= 11 is 0. The highest BCUT2D eigenvalue weighted by Gasteiger charge is 2.31. The van der Waals surface area contributed by atoms with Gasteiger partial charge in [0.25, 0.3) is 0 Å². The maximum atomic E-state index is 3.42. The molecule has 0 aromatic rings. The van der Waals surface area contributed by atoms with E-state index in [1.54, 1.807) is 0 Å². The summed E-state index contributed by atoms with van der Waals surface area (Å²) in [5, 5.41) is 3.42. The third kappa shape index (κ3) is 2.48. The van der Waals surface area contributed by atoms with E-state index in [-0.39, 0.29) is 0 Å². The molecule has 0 radical (unpaired) electrons. The Hall–Kier alpha value is -0.0400. The van der Waals surface area contributed by atoms with Gasteiger partial charge in [0, 0.05) is 6.04 Å². The summed E-state index contributed by atoms with van der Waals surface area (Å²) in [5.74, 6) is 1.94. The Balaban J connectivity index is 2.26. The summed E-state index contributed by atoms with van der Waals surface area (Å²) in [7, 11) is 2.10. The molecule has 1 N–H and O–H groups in total. The highest BCUT2D eigenvalue weighted by Crippen LogP contribution is 2.38. The van der Waals surface area contributed by atoms with Crippen LogP contribution >= 0.6 is 0 Å². The molecule has 0 aromatic carbocycles.